The molecule has 10 heteroatoms. The molecular weight excluding hydrogens is 357 g/mol. The van der Waals surface area contributed by atoms with Crippen molar-refractivity contribution in [1.82, 2.24) is 15.2 Å². The van der Waals surface area contributed by atoms with Crippen molar-refractivity contribution in [2.24, 2.45) is 0 Å². The lowest BCUT2D eigenvalue weighted by molar-refractivity contribution is 0.0991. The van der Waals surface area contributed by atoms with E-state index in [4.69, 9.17) is 27.6 Å². The Morgan fingerprint density at radius 1 is 1.17 bits per heavy atom. The highest BCUT2D eigenvalue weighted by atomic mass is 35.5. The number of halogens is 2. The molecule has 1 amide bonds. The Balaban J connectivity index is 1.73. The van der Waals surface area contributed by atoms with Crippen LogP contribution in [0.15, 0.2) is 45.7 Å². The summed E-state index contributed by atoms with van der Waals surface area (Å²) in [5.74, 6) is -0.887. The zero-order valence-electron chi connectivity index (χ0n) is 11.8. The summed E-state index contributed by atoms with van der Waals surface area (Å²) in [5.41, 5.74) is 0.557. The van der Waals surface area contributed by atoms with E-state index in [9.17, 15) is 9.59 Å². The van der Waals surface area contributed by atoms with E-state index in [0.717, 1.165) is 0 Å². The van der Waals surface area contributed by atoms with E-state index in [1.807, 2.05) is 0 Å². The van der Waals surface area contributed by atoms with Crippen LogP contribution < -0.4 is 16.2 Å². The first-order valence-electron chi connectivity index (χ1n) is 6.57. The van der Waals surface area contributed by atoms with E-state index in [1.54, 1.807) is 18.2 Å². The monoisotopic (exact) mass is 365 g/mol. The number of nitrogens with zero attached hydrogens (tertiary/aromatic N) is 2. The molecule has 3 rings (SSSR count). The van der Waals surface area contributed by atoms with Gasteiger partial charge < -0.3 is 20.0 Å². The van der Waals surface area contributed by atoms with Gasteiger partial charge in [0, 0.05) is 12.3 Å². The van der Waals surface area contributed by atoms with Crippen LogP contribution in [0.5, 0.6) is 0 Å². The number of hydrogen-bond donors (Lipinski definition) is 3. The maximum absolute atomic E-state index is 12.0. The molecule has 3 aromatic rings. The van der Waals surface area contributed by atoms with Crippen LogP contribution in [-0.2, 0) is 0 Å². The highest BCUT2D eigenvalue weighted by Gasteiger charge is 2.16. The molecule has 1 aromatic carbocycles. The van der Waals surface area contributed by atoms with E-state index in [0.29, 0.717) is 16.4 Å². The first-order chi connectivity index (χ1) is 11.5. The summed E-state index contributed by atoms with van der Waals surface area (Å²) in [6, 6.07) is 7.68. The zero-order chi connectivity index (χ0) is 17.1. The number of hydrogen-bond acceptors (Lipinski definition) is 6. The predicted octanol–water partition coefficient (Wildman–Crippen LogP) is 3.06. The topological polar surface area (TPSA) is 113 Å². The molecule has 3 N–H and O–H groups in total. The average molecular weight is 366 g/mol. The van der Waals surface area contributed by atoms with E-state index in [1.165, 1.54) is 18.3 Å². The first kappa shape index (κ1) is 16.0. The van der Waals surface area contributed by atoms with E-state index in [-0.39, 0.29) is 22.5 Å². The summed E-state index contributed by atoms with van der Waals surface area (Å²) < 4.78 is 5.22. The van der Waals surface area contributed by atoms with Gasteiger partial charge in [0.1, 0.15) is 0 Å². The quantitative estimate of drug-likeness (QED) is 0.654. The zero-order valence-corrected chi connectivity index (χ0v) is 13.4. The SMILES string of the molecule is O=C(Nc1ccc(=O)[nH]c1)c1nnc(Nc2cccc(Cl)c2Cl)o1. The fourth-order valence-corrected chi connectivity index (χ4v) is 2.10. The molecule has 0 fully saturated rings. The number of H-pyrrole nitrogens is 1. The van der Waals surface area contributed by atoms with Crippen LogP contribution in [0.25, 0.3) is 0 Å². The third-order valence-electron chi connectivity index (χ3n) is 2.85. The molecule has 0 unspecified atom stereocenters. The molecule has 2 heterocycles. The van der Waals surface area contributed by atoms with E-state index < -0.39 is 5.91 Å². The van der Waals surface area contributed by atoms with Crippen molar-refractivity contribution < 1.29 is 9.21 Å². The Morgan fingerprint density at radius 3 is 2.75 bits per heavy atom. The van der Waals surface area contributed by atoms with Crippen LogP contribution in [-0.4, -0.2) is 21.1 Å². The molecule has 0 bridgehead atoms. The summed E-state index contributed by atoms with van der Waals surface area (Å²) in [7, 11) is 0. The van der Waals surface area contributed by atoms with Crippen molar-refractivity contribution in [2.45, 2.75) is 0 Å². The fraction of sp³-hybridized carbons (Fsp3) is 0. The third-order valence-corrected chi connectivity index (χ3v) is 3.67. The largest absolute Gasteiger partial charge is 0.399 e. The van der Waals surface area contributed by atoms with Crippen LogP contribution in [0.2, 0.25) is 10.0 Å². The highest BCUT2D eigenvalue weighted by Crippen LogP contribution is 2.31. The molecule has 2 aromatic heterocycles. The molecule has 0 saturated carbocycles. The maximum Gasteiger partial charge on any atom is 0.320 e. The molecule has 0 spiro atoms. The van der Waals surface area contributed by atoms with Gasteiger partial charge in [-0.2, -0.15) is 0 Å². The number of aromatic amines is 1. The summed E-state index contributed by atoms with van der Waals surface area (Å²) in [6.45, 7) is 0. The first-order valence-corrected chi connectivity index (χ1v) is 7.33. The lowest BCUT2D eigenvalue weighted by Gasteiger charge is -2.04. The normalized spacial score (nSPS) is 10.4. The number of amides is 1. The van der Waals surface area contributed by atoms with Crippen molar-refractivity contribution in [3.63, 3.8) is 0 Å². The molecule has 0 saturated heterocycles. The van der Waals surface area contributed by atoms with Gasteiger partial charge in [-0.1, -0.05) is 34.4 Å². The van der Waals surface area contributed by atoms with Crippen molar-refractivity contribution in [2.75, 3.05) is 10.6 Å². The molecule has 122 valence electrons. The molecule has 24 heavy (non-hydrogen) atoms. The fourth-order valence-electron chi connectivity index (χ4n) is 1.75. The van der Waals surface area contributed by atoms with Crippen LogP contribution >= 0.6 is 23.2 Å². The van der Waals surface area contributed by atoms with Gasteiger partial charge in [-0.05, 0) is 18.2 Å². The molecule has 0 radical (unpaired) electrons. The van der Waals surface area contributed by atoms with E-state index in [2.05, 4.69) is 25.8 Å². The van der Waals surface area contributed by atoms with Crippen LogP contribution in [0.4, 0.5) is 17.4 Å². The summed E-state index contributed by atoms with van der Waals surface area (Å²) in [5, 5.41) is 13.3. The van der Waals surface area contributed by atoms with Crippen molar-refractivity contribution in [1.29, 1.82) is 0 Å². The van der Waals surface area contributed by atoms with Crippen LogP contribution in [0.3, 0.4) is 0 Å². The average Bonchev–Trinajstić information content (AvgIpc) is 3.03. The minimum Gasteiger partial charge on any atom is -0.399 e. The molecular formula is C14H9Cl2N5O3. The number of nitrogens with one attached hydrogen (secondary N) is 3. The second-order valence-electron chi connectivity index (χ2n) is 4.53. The smallest absolute Gasteiger partial charge is 0.320 e. The van der Waals surface area contributed by atoms with Gasteiger partial charge in [-0.25, -0.2) is 0 Å². The second kappa shape index (κ2) is 6.73. The number of carbonyl (C=O) groups is 1. The third kappa shape index (κ3) is 3.55. The van der Waals surface area contributed by atoms with Gasteiger partial charge in [0.05, 0.1) is 21.4 Å². The Bertz CT molecular complexity index is 933. The van der Waals surface area contributed by atoms with Gasteiger partial charge in [0.25, 0.3) is 0 Å². The highest BCUT2D eigenvalue weighted by molar-refractivity contribution is 6.43. The van der Waals surface area contributed by atoms with Gasteiger partial charge in [-0.15, -0.1) is 5.10 Å². The Labute approximate surface area is 144 Å². The number of aromatic nitrogens is 3. The van der Waals surface area contributed by atoms with Crippen LogP contribution in [0.1, 0.15) is 10.7 Å². The molecule has 0 aliphatic rings. The lowest BCUT2D eigenvalue weighted by atomic mass is 10.3. The van der Waals surface area contributed by atoms with Gasteiger partial charge in [-0.3, -0.25) is 9.59 Å². The minimum atomic E-state index is -0.625. The number of pyridine rings is 1. The number of rotatable bonds is 4. The van der Waals surface area contributed by atoms with Gasteiger partial charge >= 0.3 is 17.8 Å². The Kier molecular flexibility index (Phi) is 4.50. The predicted molar refractivity (Wildman–Crippen MR) is 89.1 cm³/mol. The van der Waals surface area contributed by atoms with Gasteiger partial charge in [0.2, 0.25) is 5.56 Å². The number of anilines is 3. The number of carbonyl (C=O) groups excluding carboxylic acids is 1. The maximum atomic E-state index is 12.0. The molecule has 0 aliphatic heterocycles. The molecule has 0 aliphatic carbocycles. The summed E-state index contributed by atoms with van der Waals surface area (Å²) in [6.07, 6.45) is 1.35. The van der Waals surface area contributed by atoms with E-state index >= 15 is 0 Å². The van der Waals surface area contributed by atoms with Crippen LogP contribution in [0, 0.1) is 0 Å². The summed E-state index contributed by atoms with van der Waals surface area (Å²) in [4.78, 5) is 25.4. The van der Waals surface area contributed by atoms with Gasteiger partial charge in [0.15, 0.2) is 0 Å². The van der Waals surface area contributed by atoms with Crippen molar-refractivity contribution >= 4 is 46.5 Å². The second-order valence-corrected chi connectivity index (χ2v) is 5.32. The standard InChI is InChI=1S/C14H9Cl2N5O3/c15-8-2-1-3-9(11(8)16)19-14-21-20-13(24-14)12(23)18-7-4-5-10(22)17-6-7/h1-6H,(H,17,22)(H,18,23)(H,19,21). The Hall–Kier alpha value is -2.84. The Morgan fingerprint density at radius 2 is 2.00 bits per heavy atom. The summed E-state index contributed by atoms with van der Waals surface area (Å²) >= 11 is 11.9. The lowest BCUT2D eigenvalue weighted by Crippen LogP contribution is -2.14. The van der Waals surface area contributed by atoms with Crippen molar-refractivity contribution in [3.05, 3.63) is 62.8 Å². The molecule has 8 nitrogen and oxygen atoms in total. The number of benzene rings is 1. The molecule has 0 atom stereocenters. The van der Waals surface area contributed by atoms with Crippen molar-refractivity contribution in [3.8, 4) is 0 Å². The minimum absolute atomic E-state index is 0.0224.